The fourth-order valence-corrected chi connectivity index (χ4v) is 3.59. The summed E-state index contributed by atoms with van der Waals surface area (Å²) in [5.74, 6) is 1.85. The number of nitrogens with one attached hydrogen (secondary N) is 1. The number of aromatic nitrogens is 2. The zero-order valence-electron chi connectivity index (χ0n) is 15.2. The average Bonchev–Trinajstić information content (AvgIpc) is 2.70. The molecular weight excluding hydrogens is 339 g/mol. The molecule has 0 unspecified atom stereocenters. The van der Waals surface area contributed by atoms with E-state index in [1.807, 2.05) is 6.07 Å². The van der Waals surface area contributed by atoms with E-state index in [0.717, 1.165) is 44.1 Å². The van der Waals surface area contributed by atoms with Crippen LogP contribution in [0.25, 0.3) is 0 Å². The highest BCUT2D eigenvalue weighted by Gasteiger charge is 2.20. The molecule has 2 heterocycles. The first-order valence-electron chi connectivity index (χ1n) is 9.41. The summed E-state index contributed by atoms with van der Waals surface area (Å²) in [7, 11) is 0. The van der Waals surface area contributed by atoms with Gasteiger partial charge < -0.3 is 10.2 Å². The molecule has 1 N–H and O–H groups in total. The maximum absolute atomic E-state index is 13.3. The summed E-state index contributed by atoms with van der Waals surface area (Å²) in [5.41, 5.74) is 2.06. The molecule has 0 spiro atoms. The smallest absolute Gasteiger partial charge is 0.229 e. The van der Waals surface area contributed by atoms with Gasteiger partial charge in [-0.25, -0.2) is 9.37 Å². The van der Waals surface area contributed by atoms with Crippen LogP contribution in [-0.2, 0) is 6.42 Å². The van der Waals surface area contributed by atoms with Gasteiger partial charge >= 0.3 is 0 Å². The predicted molar refractivity (Wildman–Crippen MR) is 107 cm³/mol. The van der Waals surface area contributed by atoms with Crippen LogP contribution >= 0.6 is 0 Å². The maximum Gasteiger partial charge on any atom is 0.229 e. The number of hydrogen-bond acceptors (Lipinski definition) is 4. The molecule has 4 nitrogen and oxygen atoms in total. The van der Waals surface area contributed by atoms with Crippen LogP contribution in [0.3, 0.4) is 0 Å². The fourth-order valence-electron chi connectivity index (χ4n) is 3.59. The van der Waals surface area contributed by atoms with E-state index < -0.39 is 0 Å². The summed E-state index contributed by atoms with van der Waals surface area (Å²) >= 11 is 0. The molecule has 2 aromatic carbocycles. The zero-order chi connectivity index (χ0) is 18.5. The van der Waals surface area contributed by atoms with Crippen LogP contribution in [0.2, 0.25) is 0 Å². The van der Waals surface area contributed by atoms with Gasteiger partial charge in [-0.1, -0.05) is 36.4 Å². The minimum atomic E-state index is -0.281. The first-order chi connectivity index (χ1) is 13.3. The van der Waals surface area contributed by atoms with Crippen LogP contribution < -0.4 is 10.2 Å². The van der Waals surface area contributed by atoms with E-state index >= 15 is 0 Å². The summed E-state index contributed by atoms with van der Waals surface area (Å²) in [6, 6.07) is 19.0. The normalized spacial score (nSPS) is 14.9. The first kappa shape index (κ1) is 17.5. The van der Waals surface area contributed by atoms with Crippen molar-refractivity contribution in [1.29, 1.82) is 0 Å². The zero-order valence-corrected chi connectivity index (χ0v) is 15.2. The fraction of sp³-hybridized carbons (Fsp3) is 0.273. The van der Waals surface area contributed by atoms with Crippen LogP contribution in [0.4, 0.5) is 21.8 Å². The van der Waals surface area contributed by atoms with Crippen LogP contribution in [0, 0.1) is 11.7 Å². The molecule has 0 aliphatic carbocycles. The monoisotopic (exact) mass is 362 g/mol. The predicted octanol–water partition coefficient (Wildman–Crippen LogP) is 4.82. The van der Waals surface area contributed by atoms with Crippen molar-refractivity contribution in [3.63, 3.8) is 0 Å². The maximum atomic E-state index is 13.3. The van der Waals surface area contributed by atoms with Crippen molar-refractivity contribution < 1.29 is 4.39 Å². The van der Waals surface area contributed by atoms with E-state index in [1.54, 1.807) is 18.3 Å². The Hall–Kier alpha value is -2.95. The topological polar surface area (TPSA) is 41.1 Å². The van der Waals surface area contributed by atoms with Gasteiger partial charge in [-0.05, 0) is 55.0 Å². The molecule has 1 saturated heterocycles. The Balaban J connectivity index is 1.37. The number of hydrogen-bond donors (Lipinski definition) is 1. The SMILES string of the molecule is Fc1cccc(Nc2nccc(N3CCC(Cc4ccccc4)CC3)n2)c1. The van der Waals surface area contributed by atoms with Crippen LogP contribution in [0.5, 0.6) is 0 Å². The summed E-state index contributed by atoms with van der Waals surface area (Å²) in [6.45, 7) is 1.99. The number of rotatable bonds is 5. The molecule has 1 aliphatic heterocycles. The molecule has 1 fully saturated rings. The highest BCUT2D eigenvalue weighted by molar-refractivity contribution is 5.55. The van der Waals surface area contributed by atoms with Crippen molar-refractivity contribution >= 4 is 17.5 Å². The standard InChI is InChI=1S/C22H23FN4/c23-19-7-4-8-20(16-19)25-22-24-12-9-21(26-22)27-13-10-18(11-14-27)15-17-5-2-1-3-6-17/h1-9,12,16,18H,10-11,13-15H2,(H,24,25,26). The van der Waals surface area contributed by atoms with Gasteiger partial charge in [0.2, 0.25) is 5.95 Å². The van der Waals surface area contributed by atoms with Crippen molar-refractivity contribution in [2.24, 2.45) is 5.92 Å². The van der Waals surface area contributed by atoms with Gasteiger partial charge in [0.1, 0.15) is 11.6 Å². The summed E-state index contributed by atoms with van der Waals surface area (Å²) < 4.78 is 13.3. The van der Waals surface area contributed by atoms with Crippen molar-refractivity contribution in [3.05, 3.63) is 78.2 Å². The van der Waals surface area contributed by atoms with Crippen LogP contribution in [0.1, 0.15) is 18.4 Å². The summed E-state index contributed by atoms with van der Waals surface area (Å²) in [6.07, 6.45) is 5.21. The van der Waals surface area contributed by atoms with E-state index in [2.05, 4.69) is 50.5 Å². The molecule has 3 aromatic rings. The summed E-state index contributed by atoms with van der Waals surface area (Å²) in [4.78, 5) is 11.2. The van der Waals surface area contributed by atoms with Gasteiger partial charge in [0, 0.05) is 25.0 Å². The Morgan fingerprint density at radius 2 is 1.81 bits per heavy atom. The third-order valence-electron chi connectivity index (χ3n) is 5.03. The van der Waals surface area contributed by atoms with E-state index in [9.17, 15) is 4.39 Å². The van der Waals surface area contributed by atoms with E-state index in [-0.39, 0.29) is 5.82 Å². The Bertz CT molecular complexity index is 876. The third kappa shape index (κ3) is 4.61. The number of halogens is 1. The van der Waals surface area contributed by atoms with E-state index in [1.165, 1.54) is 17.7 Å². The van der Waals surface area contributed by atoms with E-state index in [4.69, 9.17) is 0 Å². The van der Waals surface area contributed by atoms with Crippen LogP contribution in [-0.4, -0.2) is 23.1 Å². The largest absolute Gasteiger partial charge is 0.356 e. The van der Waals surface area contributed by atoms with Crippen molar-refractivity contribution in [2.45, 2.75) is 19.3 Å². The van der Waals surface area contributed by atoms with Crippen LogP contribution in [0.15, 0.2) is 66.9 Å². The molecule has 1 aromatic heterocycles. The minimum absolute atomic E-state index is 0.281. The molecule has 4 rings (SSSR count). The molecule has 27 heavy (non-hydrogen) atoms. The van der Waals surface area contributed by atoms with Gasteiger partial charge in [-0.15, -0.1) is 0 Å². The lowest BCUT2D eigenvalue weighted by Gasteiger charge is -2.33. The number of piperidine rings is 1. The highest BCUT2D eigenvalue weighted by atomic mass is 19.1. The minimum Gasteiger partial charge on any atom is -0.356 e. The lowest BCUT2D eigenvalue weighted by molar-refractivity contribution is 0.402. The molecular formula is C22H23FN4. The number of nitrogens with zero attached hydrogens (tertiary/aromatic N) is 3. The lowest BCUT2D eigenvalue weighted by Crippen LogP contribution is -2.35. The Morgan fingerprint density at radius 3 is 2.59 bits per heavy atom. The lowest BCUT2D eigenvalue weighted by atomic mass is 9.90. The second kappa shape index (κ2) is 8.16. The van der Waals surface area contributed by atoms with Crippen molar-refractivity contribution in [2.75, 3.05) is 23.3 Å². The molecule has 0 saturated carbocycles. The quantitative estimate of drug-likeness (QED) is 0.707. The molecule has 0 atom stereocenters. The molecule has 138 valence electrons. The highest BCUT2D eigenvalue weighted by Crippen LogP contribution is 2.25. The molecule has 0 bridgehead atoms. The molecule has 1 aliphatic rings. The van der Waals surface area contributed by atoms with Gasteiger partial charge in [0.15, 0.2) is 0 Å². The van der Waals surface area contributed by atoms with Gasteiger partial charge in [-0.2, -0.15) is 4.98 Å². The average molecular weight is 362 g/mol. The number of benzene rings is 2. The second-order valence-corrected chi connectivity index (χ2v) is 6.99. The van der Waals surface area contributed by atoms with Gasteiger partial charge in [-0.3, -0.25) is 0 Å². The van der Waals surface area contributed by atoms with Gasteiger partial charge in [0.05, 0.1) is 0 Å². The first-order valence-corrected chi connectivity index (χ1v) is 9.41. The second-order valence-electron chi connectivity index (χ2n) is 6.99. The third-order valence-corrected chi connectivity index (χ3v) is 5.03. The summed E-state index contributed by atoms with van der Waals surface area (Å²) in [5, 5.41) is 3.08. The van der Waals surface area contributed by atoms with Gasteiger partial charge in [0.25, 0.3) is 0 Å². The Kier molecular flexibility index (Phi) is 5.28. The van der Waals surface area contributed by atoms with Crippen molar-refractivity contribution in [1.82, 2.24) is 9.97 Å². The molecule has 0 amide bonds. The Morgan fingerprint density at radius 1 is 1.00 bits per heavy atom. The molecule has 5 heteroatoms. The van der Waals surface area contributed by atoms with Crippen molar-refractivity contribution in [3.8, 4) is 0 Å². The molecule has 0 radical (unpaired) electrons. The van der Waals surface area contributed by atoms with E-state index in [0.29, 0.717) is 11.6 Å². The number of anilines is 3. The Labute approximate surface area is 159 Å².